The topological polar surface area (TPSA) is 26.3 Å². The fourth-order valence-electron chi connectivity index (χ4n) is 1.69. The van der Waals surface area contributed by atoms with Crippen LogP contribution in [0.25, 0.3) is 0 Å². The number of ether oxygens (including phenoxy) is 1. The lowest BCUT2D eigenvalue weighted by atomic mass is 9.97. The SMILES string of the molecule is C/C=C(/CC)C(=O)c1ccc(OC)cc1C. The average molecular weight is 218 g/mol. The van der Waals surface area contributed by atoms with Gasteiger partial charge < -0.3 is 4.74 Å². The Labute approximate surface area is 96.9 Å². The molecule has 0 amide bonds. The maximum atomic E-state index is 12.1. The van der Waals surface area contributed by atoms with Gasteiger partial charge in [0.2, 0.25) is 0 Å². The van der Waals surface area contributed by atoms with Crippen molar-refractivity contribution in [1.82, 2.24) is 0 Å². The van der Waals surface area contributed by atoms with Crippen LogP contribution in [0.4, 0.5) is 0 Å². The monoisotopic (exact) mass is 218 g/mol. The van der Waals surface area contributed by atoms with Gasteiger partial charge >= 0.3 is 0 Å². The van der Waals surface area contributed by atoms with Gasteiger partial charge in [0.15, 0.2) is 5.78 Å². The molecule has 0 spiro atoms. The summed E-state index contributed by atoms with van der Waals surface area (Å²) >= 11 is 0. The van der Waals surface area contributed by atoms with Crippen molar-refractivity contribution in [1.29, 1.82) is 0 Å². The molecule has 0 aromatic heterocycles. The van der Waals surface area contributed by atoms with Crippen molar-refractivity contribution >= 4 is 5.78 Å². The summed E-state index contributed by atoms with van der Waals surface area (Å²) < 4.78 is 5.12. The number of aryl methyl sites for hydroxylation is 1. The van der Waals surface area contributed by atoms with Crippen molar-refractivity contribution in [3.05, 3.63) is 41.0 Å². The van der Waals surface area contributed by atoms with Gasteiger partial charge in [-0.2, -0.15) is 0 Å². The number of carbonyl (C=O) groups excluding carboxylic acids is 1. The molecule has 1 rings (SSSR count). The van der Waals surface area contributed by atoms with E-state index in [-0.39, 0.29) is 5.78 Å². The zero-order valence-corrected chi connectivity index (χ0v) is 10.3. The lowest BCUT2D eigenvalue weighted by molar-refractivity contribution is 0.103. The molecule has 0 aliphatic heterocycles. The van der Waals surface area contributed by atoms with Gasteiger partial charge in [0, 0.05) is 5.56 Å². The summed E-state index contributed by atoms with van der Waals surface area (Å²) in [7, 11) is 1.62. The molecular weight excluding hydrogens is 200 g/mol. The highest BCUT2D eigenvalue weighted by Crippen LogP contribution is 2.20. The Morgan fingerprint density at radius 2 is 2.12 bits per heavy atom. The van der Waals surface area contributed by atoms with Crippen LogP contribution in [0.1, 0.15) is 36.2 Å². The van der Waals surface area contributed by atoms with Crippen molar-refractivity contribution in [2.75, 3.05) is 7.11 Å². The molecule has 1 aromatic rings. The van der Waals surface area contributed by atoms with Crippen molar-refractivity contribution in [3.63, 3.8) is 0 Å². The first-order valence-corrected chi connectivity index (χ1v) is 5.48. The molecule has 0 unspecified atom stereocenters. The zero-order chi connectivity index (χ0) is 12.1. The minimum absolute atomic E-state index is 0.116. The van der Waals surface area contributed by atoms with Crippen LogP contribution in [0, 0.1) is 6.92 Å². The highest BCUT2D eigenvalue weighted by atomic mass is 16.5. The number of allylic oxidation sites excluding steroid dienone is 2. The van der Waals surface area contributed by atoms with E-state index in [0.29, 0.717) is 0 Å². The third-order valence-electron chi connectivity index (χ3n) is 2.70. The summed E-state index contributed by atoms with van der Waals surface area (Å²) in [5.74, 6) is 0.901. The summed E-state index contributed by atoms with van der Waals surface area (Å²) in [5.41, 5.74) is 2.57. The first-order valence-electron chi connectivity index (χ1n) is 5.48. The van der Waals surface area contributed by atoms with Crippen LogP contribution in [0.3, 0.4) is 0 Å². The van der Waals surface area contributed by atoms with Crippen LogP contribution < -0.4 is 4.74 Å². The summed E-state index contributed by atoms with van der Waals surface area (Å²) in [5, 5.41) is 0. The third kappa shape index (κ3) is 2.51. The second kappa shape index (κ2) is 5.50. The van der Waals surface area contributed by atoms with Crippen LogP contribution in [0.5, 0.6) is 5.75 Å². The quantitative estimate of drug-likeness (QED) is 0.570. The standard InChI is InChI=1S/C14H18O2/c1-5-11(6-2)14(15)13-8-7-12(16-4)9-10(13)3/h5,7-9H,6H2,1-4H3/b11-5-. The van der Waals surface area contributed by atoms with E-state index in [4.69, 9.17) is 4.74 Å². The van der Waals surface area contributed by atoms with E-state index in [9.17, 15) is 4.79 Å². The molecule has 0 heterocycles. The maximum absolute atomic E-state index is 12.1. The van der Waals surface area contributed by atoms with E-state index in [1.807, 2.05) is 45.0 Å². The molecule has 2 heteroatoms. The summed E-state index contributed by atoms with van der Waals surface area (Å²) in [6, 6.07) is 5.54. The van der Waals surface area contributed by atoms with Crippen molar-refractivity contribution < 1.29 is 9.53 Å². The number of hydrogen-bond donors (Lipinski definition) is 0. The molecule has 16 heavy (non-hydrogen) atoms. The van der Waals surface area contributed by atoms with Crippen LogP contribution in [0.15, 0.2) is 29.8 Å². The predicted molar refractivity (Wildman–Crippen MR) is 66.1 cm³/mol. The first-order chi connectivity index (χ1) is 7.63. The highest BCUT2D eigenvalue weighted by molar-refractivity contribution is 6.09. The zero-order valence-electron chi connectivity index (χ0n) is 10.3. The Morgan fingerprint density at radius 3 is 2.56 bits per heavy atom. The Kier molecular flexibility index (Phi) is 4.29. The van der Waals surface area contributed by atoms with Gasteiger partial charge in [0.05, 0.1) is 7.11 Å². The molecular formula is C14H18O2. The number of carbonyl (C=O) groups is 1. The van der Waals surface area contributed by atoms with Gasteiger partial charge in [0.25, 0.3) is 0 Å². The molecule has 0 saturated heterocycles. The van der Waals surface area contributed by atoms with Crippen molar-refractivity contribution in [3.8, 4) is 5.75 Å². The fraction of sp³-hybridized carbons (Fsp3) is 0.357. The van der Waals surface area contributed by atoms with Gasteiger partial charge in [0.1, 0.15) is 5.75 Å². The van der Waals surface area contributed by atoms with Gasteiger partial charge in [-0.25, -0.2) is 0 Å². The lowest BCUT2D eigenvalue weighted by Crippen LogP contribution is -2.05. The third-order valence-corrected chi connectivity index (χ3v) is 2.70. The molecule has 2 nitrogen and oxygen atoms in total. The molecule has 0 aliphatic carbocycles. The van der Waals surface area contributed by atoms with E-state index in [1.165, 1.54) is 0 Å². The lowest BCUT2D eigenvalue weighted by Gasteiger charge is -2.08. The molecule has 0 fully saturated rings. The smallest absolute Gasteiger partial charge is 0.188 e. The van der Waals surface area contributed by atoms with Crippen molar-refractivity contribution in [2.24, 2.45) is 0 Å². The molecule has 0 N–H and O–H groups in total. The van der Waals surface area contributed by atoms with E-state index >= 15 is 0 Å². The number of ketones is 1. The molecule has 0 bridgehead atoms. The highest BCUT2D eigenvalue weighted by Gasteiger charge is 2.12. The van der Waals surface area contributed by atoms with Gasteiger partial charge in [-0.15, -0.1) is 0 Å². The number of hydrogen-bond acceptors (Lipinski definition) is 2. The number of Topliss-reactive ketones (excluding diaryl/α,β-unsaturated/α-hetero) is 1. The maximum Gasteiger partial charge on any atom is 0.188 e. The first kappa shape index (κ1) is 12.5. The number of rotatable bonds is 4. The predicted octanol–water partition coefficient (Wildman–Crippen LogP) is 3.54. The normalized spacial score (nSPS) is 11.4. The van der Waals surface area contributed by atoms with Crippen LogP contribution in [-0.4, -0.2) is 12.9 Å². The second-order valence-corrected chi connectivity index (χ2v) is 3.68. The van der Waals surface area contributed by atoms with E-state index in [0.717, 1.165) is 28.9 Å². The number of benzene rings is 1. The van der Waals surface area contributed by atoms with Gasteiger partial charge in [-0.05, 0) is 49.6 Å². The van der Waals surface area contributed by atoms with Crippen LogP contribution in [-0.2, 0) is 0 Å². The molecule has 1 aromatic carbocycles. The van der Waals surface area contributed by atoms with Crippen LogP contribution >= 0.6 is 0 Å². The molecule has 0 saturated carbocycles. The number of methoxy groups -OCH3 is 1. The Hall–Kier alpha value is -1.57. The van der Waals surface area contributed by atoms with Gasteiger partial charge in [-0.3, -0.25) is 4.79 Å². The average Bonchev–Trinajstić information content (AvgIpc) is 2.30. The molecule has 0 radical (unpaired) electrons. The largest absolute Gasteiger partial charge is 0.497 e. The minimum Gasteiger partial charge on any atom is -0.497 e. The van der Waals surface area contributed by atoms with E-state index in [1.54, 1.807) is 7.11 Å². The van der Waals surface area contributed by atoms with Crippen LogP contribution in [0.2, 0.25) is 0 Å². The van der Waals surface area contributed by atoms with E-state index < -0.39 is 0 Å². The summed E-state index contributed by atoms with van der Waals surface area (Å²) in [4.78, 5) is 12.1. The van der Waals surface area contributed by atoms with E-state index in [2.05, 4.69) is 0 Å². The summed E-state index contributed by atoms with van der Waals surface area (Å²) in [6.07, 6.45) is 2.65. The Morgan fingerprint density at radius 1 is 1.44 bits per heavy atom. The fourth-order valence-corrected chi connectivity index (χ4v) is 1.69. The second-order valence-electron chi connectivity index (χ2n) is 3.68. The molecule has 86 valence electrons. The van der Waals surface area contributed by atoms with Gasteiger partial charge in [-0.1, -0.05) is 13.0 Å². The Bertz CT molecular complexity index is 417. The summed E-state index contributed by atoms with van der Waals surface area (Å²) in [6.45, 7) is 5.82. The molecule has 0 aliphatic rings. The molecule has 0 atom stereocenters. The minimum atomic E-state index is 0.116. The Balaban J connectivity index is 3.10. The van der Waals surface area contributed by atoms with Crippen molar-refractivity contribution in [2.45, 2.75) is 27.2 Å².